The molecule has 0 aliphatic heterocycles. The second kappa shape index (κ2) is 7.53. The number of thiazole rings is 1. The van der Waals surface area contributed by atoms with E-state index < -0.39 is 0 Å². The first-order chi connectivity index (χ1) is 9.63. The lowest BCUT2D eigenvalue weighted by Crippen LogP contribution is -2.25. The molecule has 0 radical (unpaired) electrons. The van der Waals surface area contributed by atoms with Crippen molar-refractivity contribution in [3.05, 3.63) is 15.6 Å². The Morgan fingerprint density at radius 1 is 1.30 bits per heavy atom. The maximum absolute atomic E-state index is 4.90. The summed E-state index contributed by atoms with van der Waals surface area (Å²) in [5.74, 6) is 0.532. The fourth-order valence-corrected chi connectivity index (χ4v) is 3.58. The van der Waals surface area contributed by atoms with Crippen molar-refractivity contribution in [3.8, 4) is 0 Å². The number of likely N-dealkylation sites (N-methyl/N-ethyl adjacent to an activating group) is 1. The number of aromatic nitrogens is 1. The van der Waals surface area contributed by atoms with Crippen LogP contribution in [0.5, 0.6) is 0 Å². The Hall–Kier alpha value is -0.450. The van der Waals surface area contributed by atoms with Crippen LogP contribution in [0.25, 0.3) is 0 Å². The van der Waals surface area contributed by atoms with E-state index in [0.717, 1.165) is 38.6 Å². The minimum absolute atomic E-state index is 0.532. The second-order valence-electron chi connectivity index (χ2n) is 6.00. The molecule has 0 spiro atoms. The van der Waals surface area contributed by atoms with E-state index in [-0.39, 0.29) is 0 Å². The van der Waals surface area contributed by atoms with Crippen molar-refractivity contribution in [1.29, 1.82) is 0 Å². The molecule has 1 N–H and O–H groups in total. The molecule has 0 aromatic carbocycles. The third kappa shape index (κ3) is 4.54. The second-order valence-corrected chi connectivity index (χ2v) is 7.17. The average molecular weight is 295 g/mol. The molecule has 1 aliphatic carbocycles. The van der Waals surface area contributed by atoms with E-state index in [1.54, 1.807) is 0 Å². The Morgan fingerprint density at radius 2 is 2.00 bits per heavy atom. The van der Waals surface area contributed by atoms with Crippen LogP contribution in [0, 0.1) is 0 Å². The highest BCUT2D eigenvalue weighted by atomic mass is 32.1. The van der Waals surface area contributed by atoms with E-state index in [0.29, 0.717) is 5.92 Å². The molecule has 2 rings (SSSR count). The molecule has 114 valence electrons. The van der Waals surface area contributed by atoms with E-state index >= 15 is 0 Å². The Bertz CT molecular complexity index is 406. The summed E-state index contributed by atoms with van der Waals surface area (Å²) in [7, 11) is 0. The zero-order chi connectivity index (χ0) is 14.5. The largest absolute Gasteiger partial charge is 0.309 e. The molecule has 20 heavy (non-hydrogen) atoms. The molecule has 0 atom stereocenters. The highest BCUT2D eigenvalue weighted by Crippen LogP contribution is 2.27. The summed E-state index contributed by atoms with van der Waals surface area (Å²) in [6.07, 6.45) is 3.80. The van der Waals surface area contributed by atoms with E-state index in [2.05, 4.69) is 37.9 Å². The summed E-state index contributed by atoms with van der Waals surface area (Å²) < 4.78 is 0. The van der Waals surface area contributed by atoms with Crippen molar-refractivity contribution < 1.29 is 0 Å². The van der Waals surface area contributed by atoms with Gasteiger partial charge in [0, 0.05) is 30.4 Å². The number of hydrogen-bond donors (Lipinski definition) is 1. The standard InChI is InChI=1S/C16H29N3S/c1-5-19(6-2)10-9-15-18-16(12(3)4)14(20-15)11-17-13-7-8-13/h12-13,17H,5-11H2,1-4H3. The van der Waals surface area contributed by atoms with Gasteiger partial charge in [-0.15, -0.1) is 11.3 Å². The van der Waals surface area contributed by atoms with Crippen LogP contribution < -0.4 is 5.32 Å². The molecule has 0 amide bonds. The zero-order valence-corrected chi connectivity index (χ0v) is 14.2. The fourth-order valence-electron chi connectivity index (χ4n) is 2.42. The third-order valence-corrected chi connectivity index (χ3v) is 5.11. The number of rotatable bonds is 9. The van der Waals surface area contributed by atoms with Gasteiger partial charge in [-0.05, 0) is 31.8 Å². The molecule has 0 bridgehead atoms. The smallest absolute Gasteiger partial charge is 0.0944 e. The Morgan fingerprint density at radius 3 is 2.55 bits per heavy atom. The van der Waals surface area contributed by atoms with Gasteiger partial charge in [0.15, 0.2) is 0 Å². The highest BCUT2D eigenvalue weighted by Gasteiger charge is 2.22. The van der Waals surface area contributed by atoms with Crippen molar-refractivity contribution in [2.24, 2.45) is 0 Å². The van der Waals surface area contributed by atoms with Gasteiger partial charge in [-0.25, -0.2) is 4.98 Å². The van der Waals surface area contributed by atoms with Crippen LogP contribution in [-0.2, 0) is 13.0 Å². The first kappa shape index (κ1) is 15.9. The molecule has 1 fully saturated rings. The summed E-state index contributed by atoms with van der Waals surface area (Å²) >= 11 is 1.92. The number of hydrogen-bond acceptors (Lipinski definition) is 4. The Kier molecular flexibility index (Phi) is 6.00. The molecule has 4 heteroatoms. The van der Waals surface area contributed by atoms with Crippen LogP contribution in [0.15, 0.2) is 0 Å². The van der Waals surface area contributed by atoms with Crippen LogP contribution in [0.4, 0.5) is 0 Å². The highest BCUT2D eigenvalue weighted by molar-refractivity contribution is 7.11. The topological polar surface area (TPSA) is 28.2 Å². The van der Waals surface area contributed by atoms with Gasteiger partial charge in [0.2, 0.25) is 0 Å². The molecule has 1 aromatic rings. The van der Waals surface area contributed by atoms with Gasteiger partial charge in [-0.3, -0.25) is 0 Å². The van der Waals surface area contributed by atoms with Crippen molar-refractivity contribution in [2.45, 2.75) is 65.5 Å². The lowest BCUT2D eigenvalue weighted by Gasteiger charge is -2.16. The fraction of sp³-hybridized carbons (Fsp3) is 0.812. The predicted molar refractivity (Wildman–Crippen MR) is 87.6 cm³/mol. The van der Waals surface area contributed by atoms with Crippen LogP contribution in [-0.4, -0.2) is 35.6 Å². The molecule has 1 heterocycles. The van der Waals surface area contributed by atoms with Gasteiger partial charge in [-0.1, -0.05) is 27.7 Å². The summed E-state index contributed by atoms with van der Waals surface area (Å²) in [5, 5.41) is 4.94. The van der Waals surface area contributed by atoms with Crippen molar-refractivity contribution in [3.63, 3.8) is 0 Å². The molecule has 1 aliphatic rings. The molecular formula is C16H29N3S. The molecular weight excluding hydrogens is 266 g/mol. The molecule has 1 aromatic heterocycles. The van der Waals surface area contributed by atoms with Gasteiger partial charge >= 0.3 is 0 Å². The number of nitrogens with zero attached hydrogens (tertiary/aromatic N) is 2. The van der Waals surface area contributed by atoms with Crippen LogP contribution in [0.2, 0.25) is 0 Å². The Balaban J connectivity index is 1.95. The summed E-state index contributed by atoms with van der Waals surface area (Å²) in [4.78, 5) is 8.83. The molecule has 1 saturated carbocycles. The normalized spacial score (nSPS) is 15.5. The van der Waals surface area contributed by atoms with Gasteiger partial charge < -0.3 is 10.2 Å². The van der Waals surface area contributed by atoms with E-state index in [9.17, 15) is 0 Å². The minimum Gasteiger partial charge on any atom is -0.309 e. The molecule has 0 unspecified atom stereocenters. The SMILES string of the molecule is CCN(CC)CCc1nc(C(C)C)c(CNC2CC2)s1. The van der Waals surface area contributed by atoms with Crippen LogP contribution >= 0.6 is 11.3 Å². The van der Waals surface area contributed by atoms with Gasteiger partial charge in [-0.2, -0.15) is 0 Å². The maximum Gasteiger partial charge on any atom is 0.0944 e. The summed E-state index contributed by atoms with van der Waals surface area (Å²) in [6.45, 7) is 13.4. The average Bonchev–Trinajstić information content (AvgIpc) is 3.17. The first-order valence-corrected chi connectivity index (χ1v) is 8.89. The summed E-state index contributed by atoms with van der Waals surface area (Å²) in [6, 6.07) is 0.774. The van der Waals surface area contributed by atoms with Crippen molar-refractivity contribution in [1.82, 2.24) is 15.2 Å². The maximum atomic E-state index is 4.90. The lowest BCUT2D eigenvalue weighted by atomic mass is 10.1. The summed E-state index contributed by atoms with van der Waals surface area (Å²) in [5.41, 5.74) is 1.32. The van der Waals surface area contributed by atoms with E-state index in [1.807, 2.05) is 11.3 Å². The monoisotopic (exact) mass is 295 g/mol. The first-order valence-electron chi connectivity index (χ1n) is 8.08. The third-order valence-electron chi connectivity index (χ3n) is 3.98. The van der Waals surface area contributed by atoms with Gasteiger partial charge in [0.25, 0.3) is 0 Å². The Labute approximate surface area is 127 Å². The van der Waals surface area contributed by atoms with Gasteiger partial charge in [0.1, 0.15) is 0 Å². The van der Waals surface area contributed by atoms with Crippen LogP contribution in [0.1, 0.15) is 62.0 Å². The van der Waals surface area contributed by atoms with Crippen LogP contribution in [0.3, 0.4) is 0 Å². The van der Waals surface area contributed by atoms with Gasteiger partial charge in [0.05, 0.1) is 10.7 Å². The number of nitrogens with one attached hydrogen (secondary N) is 1. The molecule has 0 saturated heterocycles. The lowest BCUT2D eigenvalue weighted by molar-refractivity contribution is 0.308. The minimum atomic E-state index is 0.532. The van der Waals surface area contributed by atoms with Crippen molar-refractivity contribution >= 4 is 11.3 Å². The van der Waals surface area contributed by atoms with E-state index in [1.165, 1.54) is 28.4 Å². The predicted octanol–water partition coefficient (Wildman–Crippen LogP) is 3.40. The zero-order valence-electron chi connectivity index (χ0n) is 13.4. The quantitative estimate of drug-likeness (QED) is 0.757. The van der Waals surface area contributed by atoms with Crippen molar-refractivity contribution in [2.75, 3.05) is 19.6 Å². The van der Waals surface area contributed by atoms with E-state index in [4.69, 9.17) is 4.98 Å². The molecule has 3 nitrogen and oxygen atoms in total.